The summed E-state index contributed by atoms with van der Waals surface area (Å²) in [6.45, 7) is 0.177. The fourth-order valence-corrected chi connectivity index (χ4v) is 2.76. The molecule has 0 spiro atoms. The van der Waals surface area contributed by atoms with E-state index in [9.17, 15) is 9.59 Å². The summed E-state index contributed by atoms with van der Waals surface area (Å²) >= 11 is 0. The molecule has 2 aromatic carbocycles. The topological polar surface area (TPSA) is 103 Å². The van der Waals surface area contributed by atoms with Gasteiger partial charge in [0.15, 0.2) is 23.8 Å². The van der Waals surface area contributed by atoms with Crippen molar-refractivity contribution in [1.82, 2.24) is 15.5 Å². The quantitative estimate of drug-likeness (QED) is 0.665. The Kier molecular flexibility index (Phi) is 4.61. The van der Waals surface area contributed by atoms with Crippen LogP contribution in [0.5, 0.6) is 11.5 Å². The first-order valence-electron chi connectivity index (χ1n) is 8.46. The van der Waals surface area contributed by atoms with Gasteiger partial charge in [0, 0.05) is 5.39 Å². The molecule has 4 rings (SSSR count). The van der Waals surface area contributed by atoms with Crippen molar-refractivity contribution in [3.05, 3.63) is 54.2 Å². The molecule has 2 N–H and O–H groups in total. The Morgan fingerprint density at radius 2 is 1.93 bits per heavy atom. The number of fused-ring (bicyclic) bond motifs is 2. The van der Waals surface area contributed by atoms with Crippen LogP contribution in [0.1, 0.15) is 10.5 Å². The summed E-state index contributed by atoms with van der Waals surface area (Å²) in [5, 5.41) is 10.0. The molecular weight excluding hydrogens is 350 g/mol. The van der Waals surface area contributed by atoms with Crippen LogP contribution in [0.15, 0.2) is 48.5 Å². The lowest BCUT2D eigenvalue weighted by atomic mass is 10.2. The maximum Gasteiger partial charge on any atom is 0.359 e. The number of aromatic amines is 1. The summed E-state index contributed by atoms with van der Waals surface area (Å²) in [5.41, 5.74) is 0.877. The van der Waals surface area contributed by atoms with Crippen molar-refractivity contribution in [3.8, 4) is 11.5 Å². The summed E-state index contributed by atoms with van der Waals surface area (Å²) in [6.07, 6.45) is -0.310. The molecule has 0 bridgehead atoms. The molecule has 0 saturated carbocycles. The molecule has 1 aromatic heterocycles. The fraction of sp³-hybridized carbons (Fsp3) is 0.211. The third-order valence-corrected chi connectivity index (χ3v) is 4.09. The second-order valence-corrected chi connectivity index (χ2v) is 6.00. The molecule has 8 nitrogen and oxygen atoms in total. The molecule has 1 aliphatic heterocycles. The van der Waals surface area contributed by atoms with Gasteiger partial charge in [0.2, 0.25) is 0 Å². The number of hydrogen-bond acceptors (Lipinski definition) is 6. The van der Waals surface area contributed by atoms with Gasteiger partial charge in [-0.1, -0.05) is 30.3 Å². The molecule has 3 aromatic rings. The van der Waals surface area contributed by atoms with Crippen molar-refractivity contribution < 1.29 is 23.8 Å². The number of para-hydroxylation sites is 3. The van der Waals surface area contributed by atoms with Crippen LogP contribution in [0, 0.1) is 0 Å². The van der Waals surface area contributed by atoms with Crippen LogP contribution in [-0.4, -0.2) is 47.9 Å². The van der Waals surface area contributed by atoms with Crippen LogP contribution in [0.2, 0.25) is 0 Å². The maximum absolute atomic E-state index is 12.1. The standard InChI is InChI=1S/C19H17N3O5/c23-17(20-9-12-10-25-15-7-3-4-8-16(15)27-12)11-26-19(24)18-13-5-1-2-6-14(13)21-22-18/h1-8,12H,9-11H2,(H,20,23)(H,21,22)/t12-/m0/s1. The van der Waals surface area contributed by atoms with E-state index in [4.69, 9.17) is 14.2 Å². The number of ether oxygens (including phenoxy) is 3. The molecule has 1 atom stereocenters. The summed E-state index contributed by atoms with van der Waals surface area (Å²) in [7, 11) is 0. The number of H-pyrrole nitrogens is 1. The highest BCUT2D eigenvalue weighted by Crippen LogP contribution is 2.30. The number of benzene rings is 2. The van der Waals surface area contributed by atoms with Crippen molar-refractivity contribution in [2.45, 2.75) is 6.10 Å². The Morgan fingerprint density at radius 3 is 2.81 bits per heavy atom. The largest absolute Gasteiger partial charge is 0.486 e. The SMILES string of the molecule is O=C(COC(=O)c1n[nH]c2ccccc12)NC[C@H]1COc2ccccc2O1. The van der Waals surface area contributed by atoms with E-state index in [1.807, 2.05) is 24.3 Å². The van der Waals surface area contributed by atoms with Gasteiger partial charge in [-0.15, -0.1) is 0 Å². The maximum atomic E-state index is 12.1. The highest BCUT2D eigenvalue weighted by Gasteiger charge is 2.22. The highest BCUT2D eigenvalue weighted by molar-refractivity contribution is 6.02. The predicted molar refractivity (Wildman–Crippen MR) is 95.7 cm³/mol. The van der Waals surface area contributed by atoms with Gasteiger partial charge in [0.25, 0.3) is 5.91 Å². The second kappa shape index (κ2) is 7.36. The van der Waals surface area contributed by atoms with Gasteiger partial charge in [0.1, 0.15) is 12.7 Å². The third-order valence-electron chi connectivity index (χ3n) is 4.09. The molecule has 1 amide bonds. The Labute approximate surface area is 154 Å². The number of amides is 1. The molecule has 2 heterocycles. The van der Waals surface area contributed by atoms with E-state index in [-0.39, 0.29) is 18.3 Å². The molecule has 27 heavy (non-hydrogen) atoms. The van der Waals surface area contributed by atoms with Gasteiger partial charge in [-0.3, -0.25) is 9.89 Å². The van der Waals surface area contributed by atoms with Gasteiger partial charge in [0.05, 0.1) is 12.1 Å². The molecular formula is C19H17N3O5. The molecule has 0 saturated heterocycles. The molecule has 1 aliphatic rings. The fourth-order valence-electron chi connectivity index (χ4n) is 2.76. The lowest BCUT2D eigenvalue weighted by Crippen LogP contribution is -2.42. The number of aromatic nitrogens is 2. The zero-order valence-corrected chi connectivity index (χ0v) is 14.3. The number of nitrogens with zero attached hydrogens (tertiary/aromatic N) is 1. The van der Waals surface area contributed by atoms with E-state index in [1.165, 1.54) is 0 Å². The van der Waals surface area contributed by atoms with Gasteiger partial charge in [-0.05, 0) is 18.2 Å². The summed E-state index contributed by atoms with van der Waals surface area (Å²) in [4.78, 5) is 24.1. The van der Waals surface area contributed by atoms with Crippen LogP contribution in [0.3, 0.4) is 0 Å². The minimum Gasteiger partial charge on any atom is -0.486 e. The first-order chi connectivity index (χ1) is 13.2. The minimum absolute atomic E-state index is 0.152. The Balaban J connectivity index is 1.26. The zero-order chi connectivity index (χ0) is 18.6. The minimum atomic E-state index is -0.659. The van der Waals surface area contributed by atoms with Gasteiger partial charge in [-0.2, -0.15) is 5.10 Å². The number of rotatable bonds is 5. The number of nitrogens with one attached hydrogen (secondary N) is 2. The number of esters is 1. The van der Waals surface area contributed by atoms with Crippen LogP contribution in [0.25, 0.3) is 10.9 Å². The Bertz CT molecular complexity index is 984. The Hall–Kier alpha value is -3.55. The van der Waals surface area contributed by atoms with Crippen LogP contribution >= 0.6 is 0 Å². The zero-order valence-electron chi connectivity index (χ0n) is 14.3. The van der Waals surface area contributed by atoms with Crippen LogP contribution in [-0.2, 0) is 9.53 Å². The van der Waals surface area contributed by atoms with Crippen LogP contribution in [0.4, 0.5) is 0 Å². The van der Waals surface area contributed by atoms with E-state index in [0.29, 0.717) is 23.5 Å². The van der Waals surface area contributed by atoms with E-state index in [0.717, 1.165) is 5.52 Å². The number of carbonyl (C=O) groups is 2. The molecule has 138 valence electrons. The third kappa shape index (κ3) is 3.69. The summed E-state index contributed by atoms with van der Waals surface area (Å²) < 4.78 is 16.4. The van der Waals surface area contributed by atoms with Gasteiger partial charge >= 0.3 is 5.97 Å². The second-order valence-electron chi connectivity index (χ2n) is 6.00. The molecule has 0 aliphatic carbocycles. The average molecular weight is 367 g/mol. The molecule has 0 radical (unpaired) electrons. The monoisotopic (exact) mass is 367 g/mol. The van der Waals surface area contributed by atoms with E-state index in [1.54, 1.807) is 24.3 Å². The van der Waals surface area contributed by atoms with E-state index in [2.05, 4.69) is 15.5 Å². The van der Waals surface area contributed by atoms with Crippen molar-refractivity contribution in [3.63, 3.8) is 0 Å². The lowest BCUT2D eigenvalue weighted by molar-refractivity contribution is -0.124. The van der Waals surface area contributed by atoms with Crippen molar-refractivity contribution in [2.24, 2.45) is 0 Å². The predicted octanol–water partition coefficient (Wildman–Crippen LogP) is 1.68. The van der Waals surface area contributed by atoms with Gasteiger partial charge in [-0.25, -0.2) is 4.79 Å². The smallest absolute Gasteiger partial charge is 0.359 e. The average Bonchev–Trinajstić information content (AvgIpc) is 3.14. The summed E-state index contributed by atoms with van der Waals surface area (Å²) in [6, 6.07) is 14.5. The van der Waals surface area contributed by atoms with Crippen molar-refractivity contribution >= 4 is 22.8 Å². The van der Waals surface area contributed by atoms with Gasteiger partial charge < -0.3 is 19.5 Å². The van der Waals surface area contributed by atoms with Crippen LogP contribution < -0.4 is 14.8 Å². The number of hydrogen-bond donors (Lipinski definition) is 2. The normalized spacial score (nSPS) is 15.3. The highest BCUT2D eigenvalue weighted by atomic mass is 16.6. The molecule has 0 unspecified atom stereocenters. The van der Waals surface area contributed by atoms with E-state index >= 15 is 0 Å². The Morgan fingerprint density at radius 1 is 1.15 bits per heavy atom. The lowest BCUT2D eigenvalue weighted by Gasteiger charge is -2.26. The van der Waals surface area contributed by atoms with E-state index < -0.39 is 18.5 Å². The molecule has 0 fully saturated rings. The first kappa shape index (κ1) is 16.9. The first-order valence-corrected chi connectivity index (χ1v) is 8.46. The summed E-state index contributed by atoms with van der Waals surface area (Å²) in [5.74, 6) is 0.236. The van der Waals surface area contributed by atoms with Crippen molar-refractivity contribution in [1.29, 1.82) is 0 Å². The number of carbonyl (C=O) groups excluding carboxylic acids is 2. The molecule has 8 heteroatoms. The van der Waals surface area contributed by atoms with Crippen molar-refractivity contribution in [2.75, 3.05) is 19.8 Å².